The Morgan fingerprint density at radius 3 is 2.00 bits per heavy atom. The van der Waals surface area contributed by atoms with Crippen molar-refractivity contribution in [1.82, 2.24) is 0 Å². The van der Waals surface area contributed by atoms with Gasteiger partial charge in [0, 0.05) is 6.42 Å². The van der Waals surface area contributed by atoms with Crippen molar-refractivity contribution in [3.8, 4) is 5.75 Å². The van der Waals surface area contributed by atoms with Crippen LogP contribution in [0.4, 0.5) is 26.3 Å². The van der Waals surface area contributed by atoms with Crippen LogP contribution in [-0.2, 0) is 0 Å². The summed E-state index contributed by atoms with van der Waals surface area (Å²) in [5.74, 6) is 0.144. The lowest BCUT2D eigenvalue weighted by molar-refractivity contribution is -0.206. The van der Waals surface area contributed by atoms with Gasteiger partial charge in [0.1, 0.15) is 5.75 Å². The maximum atomic E-state index is 12.2. The van der Waals surface area contributed by atoms with Crippen molar-refractivity contribution in [3.05, 3.63) is 29.8 Å². The number of hydrogen-bond donors (Lipinski definition) is 1. The molecule has 114 valence electrons. The average molecular weight is 302 g/mol. The molecule has 0 fully saturated rings. The number of rotatable bonds is 5. The normalized spacial score (nSPS) is 14.2. The van der Waals surface area contributed by atoms with Gasteiger partial charge in [-0.2, -0.15) is 26.3 Å². The topological polar surface area (TPSA) is 29.5 Å². The van der Waals surface area contributed by atoms with Gasteiger partial charge in [-0.3, -0.25) is 0 Å². The molecular weight excluding hydrogens is 290 g/mol. The van der Waals surface area contributed by atoms with Crippen molar-refractivity contribution in [2.45, 2.75) is 31.3 Å². The first-order valence-electron chi connectivity index (χ1n) is 5.64. The van der Waals surface area contributed by atoms with E-state index in [0.717, 1.165) is 24.3 Å². The van der Waals surface area contributed by atoms with E-state index in [-0.39, 0.29) is 24.3 Å². The fourth-order valence-corrected chi connectivity index (χ4v) is 1.40. The maximum Gasteiger partial charge on any atom is 0.418 e. The molecule has 1 rings (SSSR count). The van der Waals surface area contributed by atoms with Crippen LogP contribution < -0.4 is 4.74 Å². The van der Waals surface area contributed by atoms with Crippen LogP contribution in [0.5, 0.6) is 5.75 Å². The van der Waals surface area contributed by atoms with Crippen LogP contribution in [0.2, 0.25) is 0 Å². The summed E-state index contributed by atoms with van der Waals surface area (Å²) in [6.45, 7) is -0.194. The summed E-state index contributed by atoms with van der Waals surface area (Å²) >= 11 is 0. The molecule has 0 bridgehead atoms. The smallest absolute Gasteiger partial charge is 0.418 e. The zero-order chi connectivity index (χ0) is 15.4. The molecule has 20 heavy (non-hydrogen) atoms. The molecule has 0 spiro atoms. The predicted molar refractivity (Wildman–Crippen MR) is 58.2 cm³/mol. The Bertz CT molecular complexity index is 409. The van der Waals surface area contributed by atoms with E-state index in [1.54, 1.807) is 0 Å². The van der Waals surface area contributed by atoms with E-state index in [0.29, 0.717) is 0 Å². The third-order valence-corrected chi connectivity index (χ3v) is 2.38. The monoisotopic (exact) mass is 302 g/mol. The number of hydrogen-bond acceptors (Lipinski definition) is 2. The van der Waals surface area contributed by atoms with Gasteiger partial charge in [0.05, 0.1) is 6.61 Å². The first kappa shape index (κ1) is 16.6. The van der Waals surface area contributed by atoms with Crippen molar-refractivity contribution in [1.29, 1.82) is 0 Å². The Kier molecular flexibility index (Phi) is 5.27. The van der Waals surface area contributed by atoms with E-state index in [1.165, 1.54) is 0 Å². The molecule has 0 amide bonds. The summed E-state index contributed by atoms with van der Waals surface area (Å²) in [4.78, 5) is 0. The van der Waals surface area contributed by atoms with Crippen LogP contribution in [-0.4, -0.2) is 24.1 Å². The van der Waals surface area contributed by atoms with E-state index < -0.39 is 24.9 Å². The molecular formula is C12H12F6O2. The van der Waals surface area contributed by atoms with E-state index in [2.05, 4.69) is 0 Å². The van der Waals surface area contributed by atoms with Gasteiger partial charge in [-0.25, -0.2) is 0 Å². The molecule has 1 N–H and O–H groups in total. The van der Waals surface area contributed by atoms with Gasteiger partial charge in [-0.1, -0.05) is 12.1 Å². The molecule has 1 atom stereocenters. The second-order valence-electron chi connectivity index (χ2n) is 4.08. The molecule has 0 aliphatic rings. The Morgan fingerprint density at radius 1 is 1.00 bits per heavy atom. The lowest BCUT2D eigenvalue weighted by Crippen LogP contribution is -2.20. The van der Waals surface area contributed by atoms with Crippen LogP contribution in [0.25, 0.3) is 0 Å². The number of aliphatic hydroxyl groups is 1. The number of alkyl halides is 6. The summed E-state index contributed by atoms with van der Waals surface area (Å²) < 4.78 is 77.1. The van der Waals surface area contributed by atoms with E-state index in [9.17, 15) is 26.3 Å². The Hall–Kier alpha value is -1.44. The van der Waals surface area contributed by atoms with Crippen LogP contribution in [0, 0.1) is 0 Å². The van der Waals surface area contributed by atoms with Gasteiger partial charge < -0.3 is 9.84 Å². The zero-order valence-corrected chi connectivity index (χ0v) is 10.1. The fourth-order valence-electron chi connectivity index (χ4n) is 1.40. The maximum absolute atomic E-state index is 12.2. The van der Waals surface area contributed by atoms with Crippen LogP contribution in [0.15, 0.2) is 24.3 Å². The van der Waals surface area contributed by atoms with Gasteiger partial charge >= 0.3 is 12.4 Å². The number of benzene rings is 1. The van der Waals surface area contributed by atoms with Crippen molar-refractivity contribution >= 4 is 0 Å². The molecule has 0 aliphatic heterocycles. The summed E-state index contributed by atoms with van der Waals surface area (Å²) in [7, 11) is 0. The molecule has 1 aromatic carbocycles. The Balaban J connectivity index is 2.47. The third kappa shape index (κ3) is 5.68. The molecule has 0 aromatic heterocycles. The second-order valence-corrected chi connectivity index (χ2v) is 4.08. The van der Waals surface area contributed by atoms with Crippen molar-refractivity contribution in [2.75, 3.05) is 6.61 Å². The van der Waals surface area contributed by atoms with Gasteiger partial charge in [0.15, 0.2) is 6.10 Å². The number of halogens is 6. The molecule has 0 heterocycles. The molecule has 2 nitrogen and oxygen atoms in total. The number of ether oxygens (including phenoxy) is 1. The quantitative estimate of drug-likeness (QED) is 0.658. The van der Waals surface area contributed by atoms with Gasteiger partial charge in [0.2, 0.25) is 0 Å². The SMILES string of the molecule is OC(c1ccc(OCCCC(F)(F)F)cc1)C(F)(F)F. The zero-order valence-electron chi connectivity index (χ0n) is 10.1. The molecule has 1 unspecified atom stereocenters. The first-order valence-corrected chi connectivity index (χ1v) is 5.64. The summed E-state index contributed by atoms with van der Waals surface area (Å²) in [5, 5.41) is 8.96. The van der Waals surface area contributed by atoms with Crippen LogP contribution >= 0.6 is 0 Å². The van der Waals surface area contributed by atoms with E-state index in [1.807, 2.05) is 0 Å². The minimum Gasteiger partial charge on any atom is -0.494 e. The molecule has 0 radical (unpaired) electrons. The van der Waals surface area contributed by atoms with Crippen LogP contribution in [0.3, 0.4) is 0 Å². The first-order chi connectivity index (χ1) is 9.09. The third-order valence-electron chi connectivity index (χ3n) is 2.38. The van der Waals surface area contributed by atoms with Crippen LogP contribution in [0.1, 0.15) is 24.5 Å². The number of aliphatic hydroxyl groups excluding tert-OH is 1. The van der Waals surface area contributed by atoms with E-state index in [4.69, 9.17) is 9.84 Å². The lowest BCUT2D eigenvalue weighted by atomic mass is 10.1. The Labute approximate surface area is 111 Å². The standard InChI is InChI=1S/C12H12F6O2/c13-11(14,15)6-1-7-20-9-4-2-8(3-5-9)10(19)12(16,17)18/h2-5,10,19H,1,6-7H2. The summed E-state index contributed by atoms with van der Waals surface area (Å²) in [6, 6.07) is 4.35. The van der Waals surface area contributed by atoms with Crippen molar-refractivity contribution in [2.24, 2.45) is 0 Å². The van der Waals surface area contributed by atoms with E-state index >= 15 is 0 Å². The highest BCUT2D eigenvalue weighted by molar-refractivity contribution is 5.29. The van der Waals surface area contributed by atoms with Gasteiger partial charge in [0.25, 0.3) is 0 Å². The van der Waals surface area contributed by atoms with Gasteiger partial charge in [-0.15, -0.1) is 0 Å². The molecule has 0 saturated heterocycles. The molecule has 0 saturated carbocycles. The highest BCUT2D eigenvalue weighted by Gasteiger charge is 2.39. The second kappa shape index (κ2) is 6.34. The minimum atomic E-state index is -4.77. The van der Waals surface area contributed by atoms with Crippen molar-refractivity contribution < 1.29 is 36.2 Å². The lowest BCUT2D eigenvalue weighted by Gasteiger charge is -2.15. The highest BCUT2D eigenvalue weighted by atomic mass is 19.4. The Morgan fingerprint density at radius 2 is 1.55 bits per heavy atom. The summed E-state index contributed by atoms with van der Waals surface area (Å²) in [5.41, 5.74) is -0.361. The predicted octanol–water partition coefficient (Wildman–Crippen LogP) is 4.00. The summed E-state index contributed by atoms with van der Waals surface area (Å²) in [6.07, 6.45) is -12.9. The molecule has 0 aliphatic carbocycles. The fraction of sp³-hybridized carbons (Fsp3) is 0.500. The molecule has 1 aromatic rings. The largest absolute Gasteiger partial charge is 0.494 e. The molecule has 8 heteroatoms. The van der Waals surface area contributed by atoms with Gasteiger partial charge in [-0.05, 0) is 24.1 Å². The average Bonchev–Trinajstić information content (AvgIpc) is 2.32. The highest BCUT2D eigenvalue weighted by Crippen LogP contribution is 2.33. The van der Waals surface area contributed by atoms with Crippen molar-refractivity contribution in [3.63, 3.8) is 0 Å². The minimum absolute atomic E-state index is 0.144.